The lowest BCUT2D eigenvalue weighted by Crippen LogP contribution is -2.59. The van der Waals surface area contributed by atoms with Gasteiger partial charge in [0.1, 0.15) is 0 Å². The number of nitrogens with one attached hydrogen (secondary N) is 2. The van der Waals surface area contributed by atoms with E-state index in [1.54, 1.807) is 0 Å². The summed E-state index contributed by atoms with van der Waals surface area (Å²) >= 11 is 0. The van der Waals surface area contributed by atoms with Crippen molar-refractivity contribution in [1.82, 2.24) is 10.6 Å². The van der Waals surface area contributed by atoms with Crippen LogP contribution in [0.15, 0.2) is 18.2 Å². The monoisotopic (exact) mass is 544 g/mol. The van der Waals surface area contributed by atoms with E-state index in [4.69, 9.17) is 9.47 Å². The van der Waals surface area contributed by atoms with Crippen LogP contribution in [-0.2, 0) is 28.7 Å². The van der Waals surface area contributed by atoms with Gasteiger partial charge >= 0.3 is 0 Å². The SMILES string of the molecule is CCc1cc(CCCCOC(C)CC(C)(C)NC(C)(C)C)ccc1CCCCOC1CC(C)(C)NC(C)(C)C1. The normalized spacial score (nSPS) is 18.8. The summed E-state index contributed by atoms with van der Waals surface area (Å²) in [5.74, 6) is 0. The molecule has 1 aromatic carbocycles. The van der Waals surface area contributed by atoms with Crippen molar-refractivity contribution in [2.24, 2.45) is 0 Å². The second-order valence-corrected chi connectivity index (χ2v) is 15.3. The van der Waals surface area contributed by atoms with Crippen LogP contribution in [0, 0.1) is 0 Å². The average Bonchev–Trinajstić information content (AvgIpc) is 2.75. The van der Waals surface area contributed by atoms with E-state index in [9.17, 15) is 0 Å². The fourth-order valence-electron chi connectivity index (χ4n) is 6.98. The second-order valence-electron chi connectivity index (χ2n) is 15.3. The topological polar surface area (TPSA) is 42.5 Å². The van der Waals surface area contributed by atoms with Crippen LogP contribution in [0.3, 0.4) is 0 Å². The van der Waals surface area contributed by atoms with Crippen molar-refractivity contribution in [3.8, 4) is 0 Å². The molecule has 226 valence electrons. The molecule has 1 atom stereocenters. The minimum atomic E-state index is 0.0739. The lowest BCUT2D eigenvalue weighted by atomic mass is 9.81. The quantitative estimate of drug-likeness (QED) is 0.206. The van der Waals surface area contributed by atoms with Gasteiger partial charge in [-0.3, -0.25) is 0 Å². The minimum Gasteiger partial charge on any atom is -0.378 e. The van der Waals surface area contributed by atoms with Gasteiger partial charge in [0.25, 0.3) is 0 Å². The molecule has 0 saturated carbocycles. The lowest BCUT2D eigenvalue weighted by Gasteiger charge is -2.46. The Morgan fingerprint density at radius 1 is 0.897 bits per heavy atom. The fourth-order valence-corrected chi connectivity index (χ4v) is 6.98. The van der Waals surface area contributed by atoms with E-state index in [2.05, 4.69) is 105 Å². The van der Waals surface area contributed by atoms with Crippen LogP contribution in [-0.4, -0.2) is 47.6 Å². The maximum atomic E-state index is 6.34. The molecule has 4 nitrogen and oxygen atoms in total. The van der Waals surface area contributed by atoms with Crippen LogP contribution in [0.1, 0.15) is 138 Å². The second kappa shape index (κ2) is 14.8. The smallest absolute Gasteiger partial charge is 0.0609 e. The van der Waals surface area contributed by atoms with Crippen molar-refractivity contribution in [2.75, 3.05) is 13.2 Å². The largest absolute Gasteiger partial charge is 0.378 e. The van der Waals surface area contributed by atoms with E-state index in [0.29, 0.717) is 6.10 Å². The molecule has 0 radical (unpaired) electrons. The van der Waals surface area contributed by atoms with Crippen LogP contribution < -0.4 is 10.6 Å². The predicted molar refractivity (Wildman–Crippen MR) is 169 cm³/mol. The summed E-state index contributed by atoms with van der Waals surface area (Å²) in [6, 6.07) is 7.19. The molecule has 2 N–H and O–H groups in total. The molecule has 0 amide bonds. The van der Waals surface area contributed by atoms with Gasteiger partial charge in [0.15, 0.2) is 0 Å². The van der Waals surface area contributed by atoms with Crippen LogP contribution in [0.4, 0.5) is 0 Å². The molecule has 1 heterocycles. The summed E-state index contributed by atoms with van der Waals surface area (Å²) in [5, 5.41) is 7.46. The van der Waals surface area contributed by atoms with Gasteiger partial charge in [-0.05, 0) is 150 Å². The van der Waals surface area contributed by atoms with Gasteiger partial charge in [-0.25, -0.2) is 0 Å². The van der Waals surface area contributed by atoms with Crippen LogP contribution >= 0.6 is 0 Å². The maximum Gasteiger partial charge on any atom is 0.0609 e. The highest BCUT2D eigenvalue weighted by Gasteiger charge is 2.38. The van der Waals surface area contributed by atoms with Gasteiger partial charge in [-0.15, -0.1) is 0 Å². The predicted octanol–water partition coefficient (Wildman–Crippen LogP) is 8.18. The average molecular weight is 545 g/mol. The minimum absolute atomic E-state index is 0.0739. The first-order valence-corrected chi connectivity index (χ1v) is 15.9. The Kier molecular flexibility index (Phi) is 13.0. The molecule has 1 aliphatic rings. The van der Waals surface area contributed by atoms with Gasteiger partial charge in [-0.1, -0.05) is 25.1 Å². The standard InChI is InChI=1S/C35H64N2O2/c1-12-29-23-28(17-13-15-21-38-27(2)24-33(6,7)36-32(3,4)5)19-20-30(29)18-14-16-22-39-31-25-34(8,9)37-35(10,11)26-31/h19-20,23,27,31,36-37H,12-18,21-22,24-26H2,1-11H3. The summed E-state index contributed by atoms with van der Waals surface area (Å²) in [4.78, 5) is 0. The lowest BCUT2D eigenvalue weighted by molar-refractivity contribution is -0.0227. The third-order valence-corrected chi connectivity index (χ3v) is 7.77. The van der Waals surface area contributed by atoms with E-state index in [1.807, 2.05) is 0 Å². The zero-order valence-electron chi connectivity index (χ0n) is 27.7. The van der Waals surface area contributed by atoms with Crippen molar-refractivity contribution in [1.29, 1.82) is 0 Å². The molecule has 2 rings (SSSR count). The van der Waals surface area contributed by atoms with E-state index in [-0.39, 0.29) is 28.3 Å². The summed E-state index contributed by atoms with van der Waals surface area (Å²) < 4.78 is 12.5. The molecule has 1 unspecified atom stereocenters. The molecular weight excluding hydrogens is 480 g/mol. The van der Waals surface area contributed by atoms with E-state index in [0.717, 1.165) is 64.6 Å². The van der Waals surface area contributed by atoms with Crippen molar-refractivity contribution in [3.63, 3.8) is 0 Å². The number of rotatable bonds is 16. The first-order chi connectivity index (χ1) is 18.0. The number of ether oxygens (including phenoxy) is 2. The zero-order valence-corrected chi connectivity index (χ0v) is 27.7. The van der Waals surface area contributed by atoms with Gasteiger partial charge in [0.05, 0.1) is 12.2 Å². The van der Waals surface area contributed by atoms with Crippen LogP contribution in [0.5, 0.6) is 0 Å². The Hall–Kier alpha value is -0.940. The molecule has 4 heteroatoms. The van der Waals surface area contributed by atoms with Crippen LogP contribution in [0.2, 0.25) is 0 Å². The third-order valence-electron chi connectivity index (χ3n) is 7.77. The Labute approximate surface area is 242 Å². The third kappa shape index (κ3) is 14.0. The molecule has 39 heavy (non-hydrogen) atoms. The summed E-state index contributed by atoms with van der Waals surface area (Å²) in [6.45, 7) is 26.6. The molecule has 1 aromatic rings. The van der Waals surface area contributed by atoms with Gasteiger partial charge in [0.2, 0.25) is 0 Å². The highest BCUT2D eigenvalue weighted by atomic mass is 16.5. The maximum absolute atomic E-state index is 6.34. The van der Waals surface area contributed by atoms with Crippen molar-refractivity contribution in [2.45, 2.75) is 175 Å². The number of piperidine rings is 1. The molecule has 0 aliphatic carbocycles. The summed E-state index contributed by atoms with van der Waals surface area (Å²) in [6.07, 6.45) is 11.9. The molecule has 0 aromatic heterocycles. The Bertz CT molecular complexity index is 837. The molecule has 1 saturated heterocycles. The molecule has 1 aliphatic heterocycles. The number of hydrogen-bond acceptors (Lipinski definition) is 4. The van der Waals surface area contributed by atoms with Crippen LogP contribution in [0.25, 0.3) is 0 Å². The molecule has 1 fully saturated rings. The number of hydrogen-bond donors (Lipinski definition) is 2. The number of aryl methyl sites for hydroxylation is 3. The van der Waals surface area contributed by atoms with Crippen molar-refractivity contribution >= 4 is 0 Å². The van der Waals surface area contributed by atoms with Crippen molar-refractivity contribution < 1.29 is 9.47 Å². The summed E-state index contributed by atoms with van der Waals surface area (Å²) in [5.41, 5.74) is 5.01. The van der Waals surface area contributed by atoms with E-state index < -0.39 is 0 Å². The highest BCUT2D eigenvalue weighted by Crippen LogP contribution is 2.30. The van der Waals surface area contributed by atoms with Gasteiger partial charge in [0, 0.05) is 35.4 Å². The van der Waals surface area contributed by atoms with Crippen molar-refractivity contribution in [3.05, 3.63) is 34.9 Å². The molecular formula is C35H64N2O2. The Morgan fingerprint density at radius 2 is 1.51 bits per heavy atom. The Balaban J connectivity index is 1.67. The zero-order chi connectivity index (χ0) is 29.3. The molecule has 0 bridgehead atoms. The summed E-state index contributed by atoms with van der Waals surface area (Å²) in [7, 11) is 0. The fraction of sp³-hybridized carbons (Fsp3) is 0.829. The van der Waals surface area contributed by atoms with Gasteiger partial charge in [-0.2, -0.15) is 0 Å². The molecule has 0 spiro atoms. The van der Waals surface area contributed by atoms with E-state index in [1.165, 1.54) is 29.5 Å². The number of unbranched alkanes of at least 4 members (excludes halogenated alkanes) is 2. The Morgan fingerprint density at radius 3 is 2.13 bits per heavy atom. The first-order valence-electron chi connectivity index (χ1n) is 15.9. The first kappa shape index (κ1) is 34.3. The number of benzene rings is 1. The van der Waals surface area contributed by atoms with E-state index >= 15 is 0 Å². The highest BCUT2D eigenvalue weighted by molar-refractivity contribution is 5.32. The van der Waals surface area contributed by atoms with Gasteiger partial charge < -0.3 is 20.1 Å².